The summed E-state index contributed by atoms with van der Waals surface area (Å²) in [6, 6.07) is 10.7. The molecule has 0 aliphatic heterocycles. The van der Waals surface area contributed by atoms with Crippen LogP contribution in [0.15, 0.2) is 53.7 Å². The number of aliphatic hydroxyl groups excluding tert-OH is 1. The SMILES string of the molecule is CCOC(=O)[C@H](CO/N=C/c1ccc([N+](=O)[O-])cc1)[C@H](O)c1ccc([N+](=O)[O-])cc1. The molecule has 0 radical (unpaired) electrons. The Labute approximate surface area is 170 Å². The number of non-ortho nitro benzene ring substituents is 2. The molecule has 0 aliphatic rings. The van der Waals surface area contributed by atoms with Crippen molar-refractivity contribution in [3.63, 3.8) is 0 Å². The van der Waals surface area contributed by atoms with Crippen LogP contribution in [0.3, 0.4) is 0 Å². The fraction of sp³-hybridized carbons (Fsp3) is 0.263. The highest BCUT2D eigenvalue weighted by Crippen LogP contribution is 2.25. The zero-order valence-corrected chi connectivity index (χ0v) is 15.9. The summed E-state index contributed by atoms with van der Waals surface area (Å²) in [7, 11) is 0. The average molecular weight is 417 g/mol. The first kappa shape index (κ1) is 22.4. The van der Waals surface area contributed by atoms with Crippen LogP contribution in [0, 0.1) is 26.1 Å². The minimum absolute atomic E-state index is 0.0679. The van der Waals surface area contributed by atoms with Crippen LogP contribution in [-0.4, -0.2) is 40.4 Å². The number of ether oxygens (including phenoxy) is 1. The van der Waals surface area contributed by atoms with E-state index in [-0.39, 0.29) is 30.2 Å². The van der Waals surface area contributed by atoms with Crippen LogP contribution >= 0.6 is 0 Å². The van der Waals surface area contributed by atoms with E-state index in [0.29, 0.717) is 5.56 Å². The van der Waals surface area contributed by atoms with E-state index in [1.54, 1.807) is 6.92 Å². The molecule has 2 aromatic rings. The lowest BCUT2D eigenvalue weighted by molar-refractivity contribution is -0.385. The first-order valence-electron chi connectivity index (χ1n) is 8.82. The van der Waals surface area contributed by atoms with Gasteiger partial charge in [0.1, 0.15) is 12.5 Å². The van der Waals surface area contributed by atoms with Crippen molar-refractivity contribution in [3.8, 4) is 0 Å². The molecule has 11 nitrogen and oxygen atoms in total. The maximum Gasteiger partial charge on any atom is 0.315 e. The van der Waals surface area contributed by atoms with Gasteiger partial charge in [-0.3, -0.25) is 25.0 Å². The van der Waals surface area contributed by atoms with Gasteiger partial charge in [-0.05, 0) is 42.3 Å². The molecule has 2 rings (SSSR count). The molecule has 0 amide bonds. The number of carbonyl (C=O) groups excluding carboxylic acids is 1. The first-order valence-corrected chi connectivity index (χ1v) is 8.82. The van der Waals surface area contributed by atoms with E-state index in [1.165, 1.54) is 54.7 Å². The number of nitro benzene ring substituents is 2. The van der Waals surface area contributed by atoms with Crippen molar-refractivity contribution in [3.05, 3.63) is 79.9 Å². The van der Waals surface area contributed by atoms with E-state index >= 15 is 0 Å². The standard InChI is InChI=1S/C19H19N3O8/c1-2-29-19(24)17(18(23)14-5-9-16(10-6-14)22(27)28)12-30-20-11-13-3-7-15(8-4-13)21(25)26/h3-11,17-18,23H,2,12H2,1H3/b20-11+/t17-,18-/m1/s1. The summed E-state index contributed by atoms with van der Waals surface area (Å²) < 4.78 is 4.96. The molecule has 0 saturated carbocycles. The zero-order valence-electron chi connectivity index (χ0n) is 15.9. The molecule has 0 unspecified atom stereocenters. The van der Waals surface area contributed by atoms with E-state index in [2.05, 4.69) is 5.16 Å². The third-order valence-corrected chi connectivity index (χ3v) is 4.05. The second-order valence-electron chi connectivity index (χ2n) is 6.03. The summed E-state index contributed by atoms with van der Waals surface area (Å²) in [4.78, 5) is 37.6. The van der Waals surface area contributed by atoms with E-state index in [9.17, 15) is 30.1 Å². The number of nitro groups is 2. The van der Waals surface area contributed by atoms with Crippen LogP contribution in [0.1, 0.15) is 24.2 Å². The van der Waals surface area contributed by atoms with Gasteiger partial charge in [0, 0.05) is 24.3 Å². The Morgan fingerprint density at radius 2 is 1.60 bits per heavy atom. The summed E-state index contributed by atoms with van der Waals surface area (Å²) >= 11 is 0. The summed E-state index contributed by atoms with van der Waals surface area (Å²) in [6.45, 7) is 1.38. The molecule has 0 bridgehead atoms. The van der Waals surface area contributed by atoms with Crippen molar-refractivity contribution in [1.82, 2.24) is 0 Å². The van der Waals surface area contributed by atoms with Crippen molar-refractivity contribution in [2.45, 2.75) is 13.0 Å². The van der Waals surface area contributed by atoms with Crippen LogP contribution in [0.25, 0.3) is 0 Å². The number of nitrogens with zero attached hydrogens (tertiary/aromatic N) is 3. The predicted octanol–water partition coefficient (Wildman–Crippen LogP) is 2.77. The Morgan fingerprint density at radius 3 is 2.10 bits per heavy atom. The Kier molecular flexibility index (Phi) is 7.94. The largest absolute Gasteiger partial charge is 0.466 e. The minimum Gasteiger partial charge on any atom is -0.466 e. The van der Waals surface area contributed by atoms with Gasteiger partial charge in [0.25, 0.3) is 11.4 Å². The molecule has 30 heavy (non-hydrogen) atoms. The highest BCUT2D eigenvalue weighted by Gasteiger charge is 2.30. The molecule has 1 N–H and O–H groups in total. The van der Waals surface area contributed by atoms with Crippen molar-refractivity contribution in [2.75, 3.05) is 13.2 Å². The number of benzene rings is 2. The van der Waals surface area contributed by atoms with Gasteiger partial charge in [0.05, 0.1) is 28.8 Å². The number of oxime groups is 1. The van der Waals surface area contributed by atoms with Crippen molar-refractivity contribution in [1.29, 1.82) is 0 Å². The molecule has 2 aromatic carbocycles. The second-order valence-corrected chi connectivity index (χ2v) is 6.03. The van der Waals surface area contributed by atoms with E-state index in [4.69, 9.17) is 9.57 Å². The summed E-state index contributed by atoms with van der Waals surface area (Å²) in [5, 5.41) is 35.6. The quantitative estimate of drug-likeness (QED) is 0.268. The van der Waals surface area contributed by atoms with Gasteiger partial charge in [-0.2, -0.15) is 0 Å². The molecule has 0 spiro atoms. The van der Waals surface area contributed by atoms with Crippen LogP contribution in [-0.2, 0) is 14.4 Å². The Morgan fingerprint density at radius 1 is 1.07 bits per heavy atom. The lowest BCUT2D eigenvalue weighted by Crippen LogP contribution is -2.28. The predicted molar refractivity (Wildman–Crippen MR) is 105 cm³/mol. The molecular formula is C19H19N3O8. The number of esters is 1. The molecule has 158 valence electrons. The molecule has 0 aliphatic carbocycles. The van der Waals surface area contributed by atoms with E-state index in [1.807, 2.05) is 0 Å². The second kappa shape index (κ2) is 10.6. The van der Waals surface area contributed by atoms with Gasteiger partial charge < -0.3 is 14.7 Å². The normalized spacial score (nSPS) is 12.9. The number of carbonyl (C=O) groups is 1. The van der Waals surface area contributed by atoms with Gasteiger partial charge in [-0.15, -0.1) is 0 Å². The first-order chi connectivity index (χ1) is 14.3. The highest BCUT2D eigenvalue weighted by molar-refractivity contribution is 5.79. The summed E-state index contributed by atoms with van der Waals surface area (Å²) in [5.41, 5.74) is 0.593. The molecule has 2 atom stereocenters. The smallest absolute Gasteiger partial charge is 0.315 e. The van der Waals surface area contributed by atoms with Crippen LogP contribution in [0.2, 0.25) is 0 Å². The van der Waals surface area contributed by atoms with Gasteiger partial charge in [-0.1, -0.05) is 5.16 Å². The van der Waals surface area contributed by atoms with Crippen molar-refractivity contribution >= 4 is 23.6 Å². The van der Waals surface area contributed by atoms with E-state index < -0.39 is 27.8 Å². The number of hydrogen-bond donors (Lipinski definition) is 1. The van der Waals surface area contributed by atoms with Gasteiger partial charge in [0.15, 0.2) is 0 Å². The summed E-state index contributed by atoms with van der Waals surface area (Å²) in [6.07, 6.45) is -0.0380. The van der Waals surface area contributed by atoms with Crippen LogP contribution in [0.4, 0.5) is 11.4 Å². The van der Waals surface area contributed by atoms with Gasteiger partial charge in [0.2, 0.25) is 0 Å². The number of aliphatic hydroxyl groups is 1. The van der Waals surface area contributed by atoms with Gasteiger partial charge >= 0.3 is 5.97 Å². The average Bonchev–Trinajstić information content (AvgIpc) is 2.73. The third-order valence-electron chi connectivity index (χ3n) is 4.05. The highest BCUT2D eigenvalue weighted by atomic mass is 16.6. The molecule has 11 heteroatoms. The summed E-state index contributed by atoms with van der Waals surface area (Å²) in [5.74, 6) is -1.84. The fourth-order valence-corrected chi connectivity index (χ4v) is 2.47. The van der Waals surface area contributed by atoms with Crippen LogP contribution in [0.5, 0.6) is 0 Å². The molecule has 0 fully saturated rings. The molecule has 0 saturated heterocycles. The molecular weight excluding hydrogens is 398 g/mol. The van der Waals surface area contributed by atoms with Crippen molar-refractivity contribution in [2.24, 2.45) is 11.1 Å². The Bertz CT molecular complexity index is 912. The molecule has 0 aromatic heterocycles. The molecule has 0 heterocycles. The maximum absolute atomic E-state index is 12.2. The fourth-order valence-electron chi connectivity index (χ4n) is 2.47. The third kappa shape index (κ3) is 6.07. The lowest BCUT2D eigenvalue weighted by atomic mass is 9.96. The van der Waals surface area contributed by atoms with Gasteiger partial charge in [-0.25, -0.2) is 0 Å². The number of rotatable bonds is 10. The number of hydrogen-bond acceptors (Lipinski definition) is 9. The monoisotopic (exact) mass is 417 g/mol. The maximum atomic E-state index is 12.2. The zero-order chi connectivity index (χ0) is 22.1. The Hall–Kier alpha value is -3.86. The van der Waals surface area contributed by atoms with Crippen LogP contribution < -0.4 is 0 Å². The topological polar surface area (TPSA) is 154 Å². The minimum atomic E-state index is -1.33. The lowest BCUT2D eigenvalue weighted by Gasteiger charge is -2.20. The van der Waals surface area contributed by atoms with Crippen molar-refractivity contribution < 1.29 is 29.3 Å². The van der Waals surface area contributed by atoms with E-state index in [0.717, 1.165) is 0 Å². The Balaban J connectivity index is 2.06.